The largest absolute Gasteiger partial charge is 0.355 e. The second-order valence-corrected chi connectivity index (χ2v) is 7.81. The normalized spacial score (nSPS) is 15.3. The molecule has 0 atom stereocenters. The highest BCUT2D eigenvalue weighted by molar-refractivity contribution is 7.07. The van der Waals surface area contributed by atoms with Gasteiger partial charge in [-0.25, -0.2) is 15.0 Å². The van der Waals surface area contributed by atoms with Crippen molar-refractivity contribution in [2.24, 2.45) is 0 Å². The lowest BCUT2D eigenvalue weighted by Gasteiger charge is -2.23. The summed E-state index contributed by atoms with van der Waals surface area (Å²) in [6, 6.07) is 8.39. The Morgan fingerprint density at radius 1 is 1.14 bits per heavy atom. The van der Waals surface area contributed by atoms with Gasteiger partial charge in [0.2, 0.25) is 0 Å². The van der Waals surface area contributed by atoms with Gasteiger partial charge in [-0.3, -0.25) is 15.0 Å². The molecule has 1 aromatic carbocycles. The van der Waals surface area contributed by atoms with E-state index >= 15 is 0 Å². The molecule has 0 aliphatic carbocycles. The molecule has 2 aromatic heterocycles. The van der Waals surface area contributed by atoms with E-state index in [1.165, 1.54) is 12.1 Å². The number of nitro groups is 1. The molecule has 3 aromatic rings. The molecule has 1 aliphatic rings. The minimum Gasteiger partial charge on any atom is -0.355 e. The van der Waals surface area contributed by atoms with Crippen LogP contribution < -0.4 is 4.90 Å². The fraction of sp³-hybridized carbons (Fsp3) is 0.350. The Hall–Kier alpha value is -2.91. The zero-order valence-corrected chi connectivity index (χ0v) is 17.0. The van der Waals surface area contributed by atoms with Gasteiger partial charge in [-0.05, 0) is 25.5 Å². The highest BCUT2D eigenvalue weighted by Gasteiger charge is 2.18. The van der Waals surface area contributed by atoms with Crippen molar-refractivity contribution in [3.05, 3.63) is 62.7 Å². The molecular formula is C20H22N6O2S. The third-order valence-electron chi connectivity index (χ3n) is 4.96. The molecule has 29 heavy (non-hydrogen) atoms. The minimum absolute atomic E-state index is 0.0642. The van der Waals surface area contributed by atoms with Crippen LogP contribution in [0.15, 0.2) is 41.2 Å². The maximum Gasteiger partial charge on any atom is 0.269 e. The summed E-state index contributed by atoms with van der Waals surface area (Å²) in [4.78, 5) is 28.9. The predicted octanol–water partition coefficient (Wildman–Crippen LogP) is 3.53. The highest BCUT2D eigenvalue weighted by Crippen LogP contribution is 2.23. The smallest absolute Gasteiger partial charge is 0.269 e. The molecule has 0 amide bonds. The third kappa shape index (κ3) is 4.75. The van der Waals surface area contributed by atoms with Crippen LogP contribution in [0, 0.1) is 17.0 Å². The predicted molar refractivity (Wildman–Crippen MR) is 113 cm³/mol. The first-order valence-corrected chi connectivity index (χ1v) is 10.5. The van der Waals surface area contributed by atoms with Gasteiger partial charge in [-0.2, -0.15) is 0 Å². The van der Waals surface area contributed by atoms with Crippen LogP contribution in [0.1, 0.15) is 17.8 Å². The molecule has 8 nitrogen and oxygen atoms in total. The van der Waals surface area contributed by atoms with Crippen LogP contribution >= 0.6 is 11.3 Å². The van der Waals surface area contributed by atoms with E-state index in [0.717, 1.165) is 61.9 Å². The molecule has 3 heterocycles. The Balaban J connectivity index is 1.50. The van der Waals surface area contributed by atoms with Crippen molar-refractivity contribution in [2.45, 2.75) is 19.9 Å². The number of aryl methyl sites for hydroxylation is 1. The summed E-state index contributed by atoms with van der Waals surface area (Å²) in [6.07, 6.45) is 1.06. The molecule has 0 unspecified atom stereocenters. The molecule has 0 bridgehead atoms. The van der Waals surface area contributed by atoms with Crippen molar-refractivity contribution >= 4 is 22.8 Å². The lowest BCUT2D eigenvalue weighted by atomic mass is 10.2. The summed E-state index contributed by atoms with van der Waals surface area (Å²) < 4.78 is 0. The van der Waals surface area contributed by atoms with Gasteiger partial charge < -0.3 is 4.90 Å². The Kier molecular flexibility index (Phi) is 5.77. The summed E-state index contributed by atoms with van der Waals surface area (Å²) >= 11 is 1.63. The molecule has 0 N–H and O–H groups in total. The van der Waals surface area contributed by atoms with E-state index in [4.69, 9.17) is 4.98 Å². The fourth-order valence-electron chi connectivity index (χ4n) is 3.48. The number of rotatable bonds is 5. The van der Waals surface area contributed by atoms with Gasteiger partial charge in [-0.1, -0.05) is 0 Å². The average molecular weight is 411 g/mol. The summed E-state index contributed by atoms with van der Waals surface area (Å²) in [7, 11) is 0. The van der Waals surface area contributed by atoms with Crippen LogP contribution in [0.5, 0.6) is 0 Å². The lowest BCUT2D eigenvalue weighted by Crippen LogP contribution is -2.31. The molecule has 0 saturated carbocycles. The van der Waals surface area contributed by atoms with E-state index < -0.39 is 4.92 Å². The molecular weight excluding hydrogens is 388 g/mol. The SMILES string of the molecule is Cc1cc(N2CCCN(Cc3cscn3)CC2)nc(-c2ccc([N+](=O)[O-])cc2)n1. The Morgan fingerprint density at radius 2 is 1.97 bits per heavy atom. The lowest BCUT2D eigenvalue weighted by molar-refractivity contribution is -0.384. The number of hydrogen-bond acceptors (Lipinski definition) is 8. The number of nitro benzene ring substituents is 1. The molecule has 1 saturated heterocycles. The maximum atomic E-state index is 10.9. The van der Waals surface area contributed by atoms with Crippen LogP contribution in [0.4, 0.5) is 11.5 Å². The van der Waals surface area contributed by atoms with Gasteiger partial charge in [-0.15, -0.1) is 11.3 Å². The number of benzene rings is 1. The van der Waals surface area contributed by atoms with Gasteiger partial charge in [0.05, 0.1) is 16.1 Å². The van der Waals surface area contributed by atoms with Crippen LogP contribution in [0.3, 0.4) is 0 Å². The summed E-state index contributed by atoms with van der Waals surface area (Å²) in [6.45, 7) is 6.64. The molecule has 9 heteroatoms. The Bertz CT molecular complexity index is 977. The van der Waals surface area contributed by atoms with E-state index in [0.29, 0.717) is 5.82 Å². The molecule has 0 radical (unpaired) electrons. The monoisotopic (exact) mass is 410 g/mol. The Labute approximate surface area is 173 Å². The van der Waals surface area contributed by atoms with Gasteiger partial charge in [0, 0.05) is 67.6 Å². The molecule has 0 spiro atoms. The van der Waals surface area contributed by atoms with E-state index in [1.807, 2.05) is 18.5 Å². The zero-order valence-electron chi connectivity index (χ0n) is 16.2. The van der Waals surface area contributed by atoms with Crippen molar-refractivity contribution < 1.29 is 4.92 Å². The number of nitrogens with zero attached hydrogens (tertiary/aromatic N) is 6. The molecule has 1 fully saturated rings. The third-order valence-corrected chi connectivity index (χ3v) is 5.59. The quantitative estimate of drug-likeness (QED) is 0.470. The highest BCUT2D eigenvalue weighted by atomic mass is 32.1. The molecule has 150 valence electrons. The number of anilines is 1. The van der Waals surface area contributed by atoms with Crippen molar-refractivity contribution in [1.29, 1.82) is 0 Å². The minimum atomic E-state index is -0.402. The van der Waals surface area contributed by atoms with Crippen LogP contribution in [-0.2, 0) is 6.54 Å². The van der Waals surface area contributed by atoms with Crippen LogP contribution in [-0.4, -0.2) is 51.0 Å². The van der Waals surface area contributed by atoms with Crippen molar-refractivity contribution in [1.82, 2.24) is 19.9 Å². The number of aromatic nitrogens is 3. The van der Waals surface area contributed by atoms with Crippen LogP contribution in [0.2, 0.25) is 0 Å². The maximum absolute atomic E-state index is 10.9. The van der Waals surface area contributed by atoms with Gasteiger partial charge in [0.25, 0.3) is 5.69 Å². The van der Waals surface area contributed by atoms with Gasteiger partial charge in [0.15, 0.2) is 5.82 Å². The molecule has 4 rings (SSSR count). The Morgan fingerprint density at radius 3 is 2.69 bits per heavy atom. The first-order valence-electron chi connectivity index (χ1n) is 9.53. The van der Waals surface area contributed by atoms with Crippen molar-refractivity contribution in [2.75, 3.05) is 31.1 Å². The number of non-ortho nitro benzene ring substituents is 1. The topological polar surface area (TPSA) is 88.3 Å². The number of hydrogen-bond donors (Lipinski definition) is 0. The van der Waals surface area contributed by atoms with Crippen molar-refractivity contribution in [3.63, 3.8) is 0 Å². The second-order valence-electron chi connectivity index (χ2n) is 7.09. The van der Waals surface area contributed by atoms with E-state index in [1.54, 1.807) is 23.5 Å². The van der Waals surface area contributed by atoms with Crippen molar-refractivity contribution in [3.8, 4) is 11.4 Å². The van der Waals surface area contributed by atoms with Gasteiger partial charge in [0.1, 0.15) is 5.82 Å². The first kappa shape index (κ1) is 19.4. The van der Waals surface area contributed by atoms with E-state index in [9.17, 15) is 10.1 Å². The fourth-order valence-corrected chi connectivity index (χ4v) is 4.03. The summed E-state index contributed by atoms with van der Waals surface area (Å²) in [5.41, 5.74) is 4.73. The summed E-state index contributed by atoms with van der Waals surface area (Å²) in [5.74, 6) is 1.50. The average Bonchev–Trinajstić information content (AvgIpc) is 3.11. The molecule has 1 aliphatic heterocycles. The zero-order chi connectivity index (χ0) is 20.2. The standard InChI is InChI=1S/C20H22N6O2S/c1-15-11-19(23-20(22-15)16-3-5-18(6-4-16)26(27)28)25-8-2-7-24(9-10-25)12-17-13-29-14-21-17/h3-6,11,13-14H,2,7-10,12H2,1H3. The van der Waals surface area contributed by atoms with E-state index in [-0.39, 0.29) is 5.69 Å². The first-order chi connectivity index (χ1) is 14.1. The van der Waals surface area contributed by atoms with E-state index in [2.05, 4.69) is 25.1 Å². The van der Waals surface area contributed by atoms with Gasteiger partial charge >= 0.3 is 0 Å². The number of thiazole rings is 1. The second kappa shape index (κ2) is 8.62. The summed E-state index contributed by atoms with van der Waals surface area (Å²) in [5, 5.41) is 13.0. The van der Waals surface area contributed by atoms with Crippen LogP contribution in [0.25, 0.3) is 11.4 Å².